The summed E-state index contributed by atoms with van der Waals surface area (Å²) in [4.78, 5) is 26.1. The zero-order valence-corrected chi connectivity index (χ0v) is 54.2. The van der Waals surface area contributed by atoms with Crippen molar-refractivity contribution in [2.45, 2.75) is 6.17 Å². The lowest BCUT2D eigenvalue weighted by molar-refractivity contribution is 0.662. The van der Waals surface area contributed by atoms with Gasteiger partial charge in [-0.25, -0.2) is 24.9 Å². The van der Waals surface area contributed by atoms with Crippen LogP contribution < -0.4 is 5.32 Å². The van der Waals surface area contributed by atoms with Crippen LogP contribution in [0.15, 0.2) is 331 Å². The first-order valence-corrected chi connectivity index (χ1v) is 34.1. The van der Waals surface area contributed by atoms with Crippen LogP contribution in [0.3, 0.4) is 0 Å². The van der Waals surface area contributed by atoms with Crippen LogP contribution in [0.4, 0.5) is 0 Å². The first-order chi connectivity index (χ1) is 50.5. The minimum Gasteiger partial charge on any atom is -0.456 e. The number of aromatic nitrogens is 5. The second-order valence-electron chi connectivity index (χ2n) is 26.2. The largest absolute Gasteiger partial charge is 0.456 e. The summed E-state index contributed by atoms with van der Waals surface area (Å²) in [5.74, 6) is 3.04. The number of amidine groups is 2. The molecule has 0 spiro atoms. The molecule has 12 heteroatoms. The molecule has 0 amide bonds. The van der Waals surface area contributed by atoms with Gasteiger partial charge in [-0.1, -0.05) is 200 Å². The number of hydrogen-bond acceptors (Lipinski definition) is 10. The molecule has 1 atom stereocenters. The molecule has 0 fully saturated rings. The molecule has 1 aliphatic rings. The van der Waals surface area contributed by atoms with E-state index in [0.29, 0.717) is 29.1 Å². The fraction of sp³-hybridized carbons (Fsp3) is 0.0111. The Kier molecular flexibility index (Phi) is 12.0. The van der Waals surface area contributed by atoms with Crippen molar-refractivity contribution in [2.24, 2.45) is 9.98 Å². The van der Waals surface area contributed by atoms with Gasteiger partial charge in [0.1, 0.15) is 56.7 Å². The molecule has 0 saturated carbocycles. The summed E-state index contributed by atoms with van der Waals surface area (Å²) in [6.45, 7) is 0. The van der Waals surface area contributed by atoms with Gasteiger partial charge in [0, 0.05) is 111 Å². The number of nitrogens with one attached hydrogen (secondary N) is 1. The van der Waals surface area contributed by atoms with Crippen LogP contribution in [0.1, 0.15) is 22.9 Å². The van der Waals surface area contributed by atoms with E-state index in [-0.39, 0.29) is 6.17 Å². The Bertz CT molecular complexity index is 7100. The first-order valence-electron chi connectivity index (χ1n) is 34.1. The van der Waals surface area contributed by atoms with Crippen LogP contribution in [-0.4, -0.2) is 35.8 Å². The third kappa shape index (κ3) is 8.53. The highest BCUT2D eigenvalue weighted by Gasteiger charge is 2.28. The minimum absolute atomic E-state index is 0.357. The number of benzene rings is 14. The molecule has 1 aliphatic heterocycles. The zero-order valence-electron chi connectivity index (χ0n) is 54.2. The Morgan fingerprint density at radius 2 is 0.765 bits per heavy atom. The smallest absolute Gasteiger partial charge is 0.164 e. The number of fused-ring (bicyclic) bond motifs is 20. The Balaban J connectivity index is 0.613. The molecule has 14 aromatic carbocycles. The van der Waals surface area contributed by atoms with E-state index in [2.05, 4.69) is 215 Å². The number of aliphatic imine (C=N–C) groups is 2. The second kappa shape index (κ2) is 21.8. The predicted molar refractivity (Wildman–Crippen MR) is 411 cm³/mol. The molecule has 0 aliphatic carbocycles. The first kappa shape index (κ1) is 56.1. The minimum atomic E-state index is -0.357. The van der Waals surface area contributed by atoms with Gasteiger partial charge < -0.3 is 32.1 Å². The topological polar surface area (TPSA) is 138 Å². The second-order valence-corrected chi connectivity index (χ2v) is 26.2. The molecule has 12 nitrogen and oxygen atoms in total. The van der Waals surface area contributed by atoms with Crippen LogP contribution in [0.25, 0.3) is 188 Å². The monoisotopic (exact) mass is 1310 g/mol. The molecule has 7 aromatic heterocycles. The quantitative estimate of drug-likeness (QED) is 0.151. The van der Waals surface area contributed by atoms with Crippen molar-refractivity contribution in [1.82, 2.24) is 29.4 Å². The van der Waals surface area contributed by atoms with Crippen molar-refractivity contribution in [2.75, 3.05) is 0 Å². The van der Waals surface area contributed by atoms with Gasteiger partial charge in [0.15, 0.2) is 23.3 Å². The van der Waals surface area contributed by atoms with Crippen molar-refractivity contribution in [3.8, 4) is 56.7 Å². The highest BCUT2D eigenvalue weighted by Crippen LogP contribution is 2.46. The van der Waals surface area contributed by atoms with E-state index in [4.69, 9.17) is 42.6 Å². The Hall–Kier alpha value is -14.0. The van der Waals surface area contributed by atoms with Crippen molar-refractivity contribution < 1.29 is 17.7 Å². The van der Waals surface area contributed by atoms with Crippen LogP contribution in [0, 0.1) is 0 Å². The fourth-order valence-electron chi connectivity index (χ4n) is 15.9. The van der Waals surface area contributed by atoms with Crippen LogP contribution in [0.2, 0.25) is 0 Å². The van der Waals surface area contributed by atoms with Crippen molar-refractivity contribution in [3.63, 3.8) is 0 Å². The molecule has 476 valence electrons. The molecule has 1 unspecified atom stereocenters. The average Bonchev–Trinajstić information content (AvgIpc) is 1.58. The van der Waals surface area contributed by atoms with E-state index in [1.165, 1.54) is 10.8 Å². The van der Waals surface area contributed by atoms with Crippen molar-refractivity contribution >= 4 is 143 Å². The third-order valence-corrected chi connectivity index (χ3v) is 20.5. The lowest BCUT2D eigenvalue weighted by Gasteiger charge is -2.24. The van der Waals surface area contributed by atoms with E-state index in [1.807, 2.05) is 103 Å². The summed E-state index contributed by atoms with van der Waals surface area (Å²) in [6, 6.07) is 105. The van der Waals surface area contributed by atoms with E-state index in [1.54, 1.807) is 0 Å². The highest BCUT2D eigenvalue weighted by atomic mass is 16.3. The molecule has 8 heterocycles. The molecule has 22 rings (SSSR count). The van der Waals surface area contributed by atoms with Crippen LogP contribution >= 0.6 is 0 Å². The van der Waals surface area contributed by atoms with Crippen LogP contribution in [0.5, 0.6) is 0 Å². The lowest BCUT2D eigenvalue weighted by Crippen LogP contribution is -2.33. The van der Waals surface area contributed by atoms with Gasteiger partial charge >= 0.3 is 0 Å². The highest BCUT2D eigenvalue weighted by molar-refractivity contribution is 6.31. The van der Waals surface area contributed by atoms with Crippen molar-refractivity contribution in [1.29, 1.82) is 0 Å². The normalized spacial score (nSPS) is 13.6. The molecule has 102 heavy (non-hydrogen) atoms. The van der Waals surface area contributed by atoms with E-state index in [0.717, 1.165) is 176 Å². The molecular formula is C90H52N8O4. The maximum Gasteiger partial charge on any atom is 0.164 e. The summed E-state index contributed by atoms with van der Waals surface area (Å²) in [6.07, 6.45) is -0.357. The number of furan rings is 4. The van der Waals surface area contributed by atoms with Gasteiger partial charge in [0.25, 0.3) is 0 Å². The molecule has 0 bridgehead atoms. The summed E-state index contributed by atoms with van der Waals surface area (Å²) in [5.41, 5.74) is 20.1. The molecule has 0 radical (unpaired) electrons. The summed E-state index contributed by atoms with van der Waals surface area (Å²) in [5, 5.41) is 16.0. The standard InChI is InChI=1S/C90H52N8O4/c1-4-18-52(19-5-1)85-91-86(53-20-6-2-7-21-53)95-90(94-85)66-28-17-33-73-81(66)83-76(99-73)47-46-74-80(83)62-41-39-58(49-77(62)100-74)98-70-31-15-12-26-61(70)67-48-56(38-44-71(67)98)51-34-36-55(37-35-51)88-92-87(54-22-8-3-9-23-54)93-89(96-88)65-27-16-32-72-79(65)64-43-45-75-82(84(64)102-72)63-42-40-57(50-78(63)101-75)97-68-29-13-10-24-59(68)60-25-11-14-30-69(60)97/h1-50,85H,(H,91,94,95). The van der Waals surface area contributed by atoms with Crippen molar-refractivity contribution in [3.05, 3.63) is 320 Å². The number of nitrogens with zero attached hydrogens (tertiary/aromatic N) is 7. The SMILES string of the molecule is c1ccc(C2=NC(c3ccccc3)NC(c3cccc4oc5ccc6oc7cc(-n8c9ccccc9c9cc(-c%10ccc(-c%11nc(-c%12ccccc%12)nc(-c%12cccc%13oc%14c(ccc%15oc%16cc(-n%17c%18ccccc%18c%18ccccc%18%17)ccc%16c%15%14)c%12%13)n%11)cc%10)ccc98)ccc7c6c5c34)=N2)cc1. The van der Waals surface area contributed by atoms with E-state index >= 15 is 0 Å². The van der Waals surface area contributed by atoms with E-state index < -0.39 is 0 Å². The summed E-state index contributed by atoms with van der Waals surface area (Å²) < 4.78 is 31.9. The average molecular weight is 1310 g/mol. The summed E-state index contributed by atoms with van der Waals surface area (Å²) >= 11 is 0. The third-order valence-electron chi connectivity index (χ3n) is 20.5. The summed E-state index contributed by atoms with van der Waals surface area (Å²) in [7, 11) is 0. The lowest BCUT2D eigenvalue weighted by atomic mass is 10.00. The Labute approximate surface area is 579 Å². The van der Waals surface area contributed by atoms with Gasteiger partial charge in [-0.3, -0.25) is 0 Å². The molecule has 0 saturated heterocycles. The fourth-order valence-corrected chi connectivity index (χ4v) is 15.9. The number of para-hydroxylation sites is 3. The number of hydrogen-bond donors (Lipinski definition) is 1. The molecule has 1 N–H and O–H groups in total. The Morgan fingerprint density at radius 3 is 1.43 bits per heavy atom. The Morgan fingerprint density at radius 1 is 0.284 bits per heavy atom. The van der Waals surface area contributed by atoms with Gasteiger partial charge in [-0.05, 0) is 108 Å². The van der Waals surface area contributed by atoms with Crippen LogP contribution in [-0.2, 0) is 0 Å². The van der Waals surface area contributed by atoms with Gasteiger partial charge in [0.05, 0.1) is 27.5 Å². The maximum atomic E-state index is 6.91. The maximum absolute atomic E-state index is 6.91. The van der Waals surface area contributed by atoms with Gasteiger partial charge in [-0.2, -0.15) is 0 Å². The number of rotatable bonds is 9. The van der Waals surface area contributed by atoms with E-state index in [9.17, 15) is 0 Å². The van der Waals surface area contributed by atoms with Gasteiger partial charge in [0.2, 0.25) is 0 Å². The molecular weight excluding hydrogens is 1260 g/mol. The predicted octanol–water partition coefficient (Wildman–Crippen LogP) is 22.8. The molecule has 21 aromatic rings. The van der Waals surface area contributed by atoms with Gasteiger partial charge in [-0.15, -0.1) is 0 Å². The zero-order chi connectivity index (χ0) is 66.7.